The quantitative estimate of drug-likeness (QED) is 0.781. The summed E-state index contributed by atoms with van der Waals surface area (Å²) >= 11 is 0. The van der Waals surface area contributed by atoms with E-state index in [1.807, 2.05) is 23.1 Å². The van der Waals surface area contributed by atoms with Crippen molar-refractivity contribution in [1.82, 2.24) is 14.7 Å². The number of carbonyl (C=O) groups is 2. The summed E-state index contributed by atoms with van der Waals surface area (Å²) in [5.74, 6) is -0.0427. The molecule has 28 heavy (non-hydrogen) atoms. The van der Waals surface area contributed by atoms with E-state index in [0.717, 1.165) is 31.7 Å². The van der Waals surface area contributed by atoms with E-state index in [2.05, 4.69) is 4.90 Å². The third-order valence-corrected chi connectivity index (χ3v) is 6.50. The molecule has 2 heterocycles. The Balaban J connectivity index is 1.43. The lowest BCUT2D eigenvalue weighted by atomic mass is 9.93. The second kappa shape index (κ2) is 8.62. The fraction of sp³-hybridized carbons (Fsp3) is 0.636. The van der Waals surface area contributed by atoms with E-state index in [9.17, 15) is 9.59 Å². The van der Waals surface area contributed by atoms with Crippen LogP contribution in [0.3, 0.4) is 0 Å². The zero-order valence-corrected chi connectivity index (χ0v) is 16.9. The van der Waals surface area contributed by atoms with Crippen LogP contribution in [0, 0.1) is 0 Å². The normalized spacial score (nSPS) is 21.2. The summed E-state index contributed by atoms with van der Waals surface area (Å²) in [7, 11) is 1.63. The number of amides is 2. The topological polar surface area (TPSA) is 53.1 Å². The molecule has 1 aromatic carbocycles. The van der Waals surface area contributed by atoms with Gasteiger partial charge in [0.1, 0.15) is 0 Å². The highest BCUT2D eigenvalue weighted by Crippen LogP contribution is 2.28. The standard InChI is InChI=1S/C22H31N3O3/c1-28-15-14-25-16-17-6-5-9-19(20(17)22(25)27)21(26)24-12-10-23(11-13-24)18-7-3-2-4-8-18/h5-6,9,18H,2-4,7-8,10-16H2,1H3. The van der Waals surface area contributed by atoms with Crippen molar-refractivity contribution >= 4 is 11.8 Å². The van der Waals surface area contributed by atoms with E-state index >= 15 is 0 Å². The molecule has 1 saturated carbocycles. The second-order valence-corrected chi connectivity index (χ2v) is 8.18. The highest BCUT2D eigenvalue weighted by molar-refractivity contribution is 6.09. The van der Waals surface area contributed by atoms with Crippen LogP contribution in [0.25, 0.3) is 0 Å². The molecule has 152 valence electrons. The van der Waals surface area contributed by atoms with E-state index in [1.54, 1.807) is 12.0 Å². The number of hydrogen-bond acceptors (Lipinski definition) is 4. The van der Waals surface area contributed by atoms with Crippen LogP contribution >= 0.6 is 0 Å². The Hall–Kier alpha value is -1.92. The number of methoxy groups -OCH3 is 1. The van der Waals surface area contributed by atoms with Gasteiger partial charge in [-0.3, -0.25) is 14.5 Å². The first-order valence-electron chi connectivity index (χ1n) is 10.6. The first kappa shape index (κ1) is 19.4. The van der Waals surface area contributed by atoms with Gasteiger partial charge in [0, 0.05) is 52.4 Å². The molecule has 2 amide bonds. The number of ether oxygens (including phenoxy) is 1. The molecule has 2 aliphatic heterocycles. The number of rotatable bonds is 5. The van der Waals surface area contributed by atoms with Crippen molar-refractivity contribution in [3.63, 3.8) is 0 Å². The van der Waals surface area contributed by atoms with Crippen LogP contribution in [-0.4, -0.2) is 79.0 Å². The molecule has 0 aromatic heterocycles. The van der Waals surface area contributed by atoms with Crippen LogP contribution in [-0.2, 0) is 11.3 Å². The van der Waals surface area contributed by atoms with E-state index in [0.29, 0.717) is 36.9 Å². The van der Waals surface area contributed by atoms with Gasteiger partial charge in [-0.1, -0.05) is 31.4 Å². The van der Waals surface area contributed by atoms with Gasteiger partial charge in [0.15, 0.2) is 0 Å². The molecule has 4 rings (SSSR count). The largest absolute Gasteiger partial charge is 0.383 e. The maximum Gasteiger partial charge on any atom is 0.255 e. The van der Waals surface area contributed by atoms with E-state index in [-0.39, 0.29) is 11.8 Å². The zero-order valence-electron chi connectivity index (χ0n) is 16.9. The van der Waals surface area contributed by atoms with Gasteiger partial charge in [-0.2, -0.15) is 0 Å². The maximum absolute atomic E-state index is 13.2. The van der Waals surface area contributed by atoms with Crippen molar-refractivity contribution in [1.29, 1.82) is 0 Å². The summed E-state index contributed by atoms with van der Waals surface area (Å²) in [6.07, 6.45) is 6.63. The molecule has 0 spiro atoms. The van der Waals surface area contributed by atoms with Crippen LogP contribution in [0.4, 0.5) is 0 Å². The molecule has 1 aromatic rings. The molecule has 0 N–H and O–H groups in total. The molecule has 0 bridgehead atoms. The van der Waals surface area contributed by atoms with Crippen LogP contribution in [0.1, 0.15) is 58.4 Å². The predicted octanol–water partition coefficient (Wildman–Crippen LogP) is 2.38. The summed E-state index contributed by atoms with van der Waals surface area (Å²) in [4.78, 5) is 32.3. The summed E-state index contributed by atoms with van der Waals surface area (Å²) in [5, 5.41) is 0. The molecular formula is C22H31N3O3. The van der Waals surface area contributed by atoms with Gasteiger partial charge in [0.2, 0.25) is 0 Å². The minimum Gasteiger partial charge on any atom is -0.383 e. The van der Waals surface area contributed by atoms with Crippen LogP contribution in [0.5, 0.6) is 0 Å². The van der Waals surface area contributed by atoms with Crippen LogP contribution in [0.2, 0.25) is 0 Å². The lowest BCUT2D eigenvalue weighted by molar-refractivity contribution is 0.0519. The summed E-state index contributed by atoms with van der Waals surface area (Å²) < 4.78 is 5.11. The molecule has 6 nitrogen and oxygen atoms in total. The lowest BCUT2D eigenvalue weighted by Gasteiger charge is -2.40. The van der Waals surface area contributed by atoms with Crippen molar-refractivity contribution in [3.05, 3.63) is 34.9 Å². The fourth-order valence-electron chi connectivity index (χ4n) is 4.89. The third kappa shape index (κ3) is 3.80. The Kier molecular flexibility index (Phi) is 5.97. The maximum atomic E-state index is 13.2. The highest BCUT2D eigenvalue weighted by Gasteiger charge is 2.34. The second-order valence-electron chi connectivity index (χ2n) is 8.18. The average Bonchev–Trinajstić information content (AvgIpc) is 3.08. The van der Waals surface area contributed by atoms with Crippen molar-refractivity contribution in [3.8, 4) is 0 Å². The van der Waals surface area contributed by atoms with E-state index < -0.39 is 0 Å². The molecule has 1 aliphatic carbocycles. The van der Waals surface area contributed by atoms with Gasteiger partial charge in [-0.05, 0) is 24.5 Å². The molecule has 0 radical (unpaired) electrons. The van der Waals surface area contributed by atoms with E-state index in [1.165, 1.54) is 32.1 Å². The zero-order chi connectivity index (χ0) is 19.5. The Bertz CT molecular complexity index is 722. The van der Waals surface area contributed by atoms with Crippen molar-refractivity contribution in [2.24, 2.45) is 0 Å². The molecule has 6 heteroatoms. The van der Waals surface area contributed by atoms with Crippen LogP contribution < -0.4 is 0 Å². The number of piperazine rings is 1. The first-order valence-corrected chi connectivity index (χ1v) is 10.6. The smallest absolute Gasteiger partial charge is 0.255 e. The predicted molar refractivity (Wildman–Crippen MR) is 107 cm³/mol. The molecular weight excluding hydrogens is 354 g/mol. The van der Waals surface area contributed by atoms with Crippen LogP contribution in [0.15, 0.2) is 18.2 Å². The Labute approximate surface area is 167 Å². The fourth-order valence-corrected chi connectivity index (χ4v) is 4.89. The minimum absolute atomic E-state index is 0.00193. The number of fused-ring (bicyclic) bond motifs is 1. The van der Waals surface area contributed by atoms with Crippen molar-refractivity contribution in [2.45, 2.75) is 44.7 Å². The SMILES string of the molecule is COCCN1Cc2cccc(C(=O)N3CCN(C4CCCCC4)CC3)c2C1=O. The van der Waals surface area contributed by atoms with Crippen molar-refractivity contribution in [2.75, 3.05) is 46.4 Å². The number of hydrogen-bond donors (Lipinski definition) is 0. The average molecular weight is 386 g/mol. The Morgan fingerprint density at radius 1 is 1.11 bits per heavy atom. The van der Waals surface area contributed by atoms with Gasteiger partial charge in [-0.25, -0.2) is 0 Å². The third-order valence-electron chi connectivity index (χ3n) is 6.50. The summed E-state index contributed by atoms with van der Waals surface area (Å²) in [5.41, 5.74) is 2.11. The van der Waals surface area contributed by atoms with Gasteiger partial charge < -0.3 is 14.5 Å². The Morgan fingerprint density at radius 3 is 2.57 bits per heavy atom. The molecule has 0 unspecified atom stereocenters. The Morgan fingerprint density at radius 2 is 1.86 bits per heavy atom. The molecule has 0 atom stereocenters. The lowest BCUT2D eigenvalue weighted by Crippen LogP contribution is -2.52. The number of benzene rings is 1. The van der Waals surface area contributed by atoms with Gasteiger partial charge in [0.05, 0.1) is 17.7 Å². The first-order chi connectivity index (χ1) is 13.7. The molecule has 1 saturated heterocycles. The van der Waals surface area contributed by atoms with Gasteiger partial charge in [0.25, 0.3) is 11.8 Å². The van der Waals surface area contributed by atoms with E-state index in [4.69, 9.17) is 4.74 Å². The summed E-state index contributed by atoms with van der Waals surface area (Å²) in [6.45, 7) is 5.01. The summed E-state index contributed by atoms with van der Waals surface area (Å²) in [6, 6.07) is 6.37. The highest BCUT2D eigenvalue weighted by atomic mass is 16.5. The monoisotopic (exact) mass is 385 g/mol. The molecule has 2 fully saturated rings. The number of carbonyl (C=O) groups excluding carboxylic acids is 2. The van der Waals surface area contributed by atoms with Crippen molar-refractivity contribution < 1.29 is 14.3 Å². The number of nitrogens with zero attached hydrogens (tertiary/aromatic N) is 3. The minimum atomic E-state index is -0.0446. The van der Waals surface area contributed by atoms with Gasteiger partial charge in [-0.15, -0.1) is 0 Å². The molecule has 3 aliphatic rings. The van der Waals surface area contributed by atoms with Gasteiger partial charge >= 0.3 is 0 Å².